The summed E-state index contributed by atoms with van der Waals surface area (Å²) in [4.78, 5) is 43.2. The molecule has 154 valence electrons. The van der Waals surface area contributed by atoms with Crippen molar-refractivity contribution in [3.63, 3.8) is 0 Å². The fourth-order valence-corrected chi connectivity index (χ4v) is 5.14. The van der Waals surface area contributed by atoms with Gasteiger partial charge < -0.3 is 9.88 Å². The quantitative estimate of drug-likeness (QED) is 0.761. The van der Waals surface area contributed by atoms with Crippen molar-refractivity contribution in [3.05, 3.63) is 22.8 Å². The fraction of sp³-hybridized carbons (Fsp3) is 0.524. The molecule has 3 amide bonds. The summed E-state index contributed by atoms with van der Waals surface area (Å²) in [5.74, 6) is -0.767. The Morgan fingerprint density at radius 1 is 1.21 bits per heavy atom. The number of amides is 3. The summed E-state index contributed by atoms with van der Waals surface area (Å²) in [5, 5.41) is 5.25. The molecule has 2 aliphatic rings. The topological polar surface area (TPSA) is 84.3 Å². The second kappa shape index (κ2) is 7.74. The van der Waals surface area contributed by atoms with Gasteiger partial charge in [-0.15, -0.1) is 11.3 Å². The third-order valence-corrected chi connectivity index (χ3v) is 7.05. The molecule has 1 aliphatic heterocycles. The minimum atomic E-state index is -0.234. The van der Waals surface area contributed by atoms with Crippen LogP contribution in [0.25, 0.3) is 11.3 Å². The molecule has 0 unspecified atom stereocenters. The van der Waals surface area contributed by atoms with Gasteiger partial charge in [-0.05, 0) is 32.8 Å². The van der Waals surface area contributed by atoms with E-state index < -0.39 is 0 Å². The number of likely N-dealkylation sites (tertiary alicyclic amines) is 1. The highest BCUT2D eigenvalue weighted by Gasteiger charge is 2.47. The first-order chi connectivity index (χ1) is 13.9. The zero-order valence-corrected chi connectivity index (χ0v) is 17.8. The van der Waals surface area contributed by atoms with Crippen molar-refractivity contribution in [2.24, 2.45) is 18.9 Å². The van der Waals surface area contributed by atoms with Crippen molar-refractivity contribution in [3.8, 4) is 11.3 Å². The molecule has 1 aliphatic carbocycles. The molecule has 1 saturated heterocycles. The number of nitrogens with zero attached hydrogens (tertiary/aromatic N) is 3. The van der Waals surface area contributed by atoms with Gasteiger partial charge in [0.05, 0.1) is 17.5 Å². The van der Waals surface area contributed by atoms with Gasteiger partial charge in [-0.2, -0.15) is 0 Å². The van der Waals surface area contributed by atoms with Crippen LogP contribution in [-0.2, 0) is 21.4 Å². The van der Waals surface area contributed by atoms with Gasteiger partial charge in [0.25, 0.3) is 0 Å². The number of hydrogen-bond donors (Lipinski definition) is 1. The molecule has 0 radical (unpaired) electrons. The van der Waals surface area contributed by atoms with Crippen LogP contribution in [-0.4, -0.2) is 38.7 Å². The average molecular weight is 415 g/mol. The van der Waals surface area contributed by atoms with E-state index in [0.29, 0.717) is 5.13 Å². The lowest BCUT2D eigenvalue weighted by Crippen LogP contribution is -2.34. The maximum absolute atomic E-state index is 12.5. The van der Waals surface area contributed by atoms with Crippen LogP contribution in [0.3, 0.4) is 0 Å². The smallest absolute Gasteiger partial charge is 0.233 e. The van der Waals surface area contributed by atoms with Gasteiger partial charge in [-0.25, -0.2) is 4.98 Å². The normalized spacial score (nSPS) is 21.6. The Morgan fingerprint density at radius 3 is 2.45 bits per heavy atom. The Labute approximate surface area is 174 Å². The first-order valence-electron chi connectivity index (χ1n) is 10.1. The number of anilines is 1. The molecule has 1 N–H and O–H groups in total. The Kier molecular flexibility index (Phi) is 5.29. The van der Waals surface area contributed by atoms with E-state index in [1.54, 1.807) is 0 Å². The summed E-state index contributed by atoms with van der Waals surface area (Å²) in [6.07, 6.45) is 3.67. The third kappa shape index (κ3) is 3.61. The predicted octanol–water partition coefficient (Wildman–Crippen LogP) is 3.27. The standard InChI is InChI=1S/C21H26N4O3S/c1-12-10-16(13(2)24(12)3)17-11-29-21(22-17)23-18(26)8-9-25-19(27)14-6-4-5-7-15(14)20(25)28/h10-11,14-15H,4-9H2,1-3H3,(H,22,23,26)/t14-,15+. The molecule has 8 heteroatoms. The largest absolute Gasteiger partial charge is 0.351 e. The fourth-order valence-electron chi connectivity index (χ4n) is 4.42. The Bertz CT molecular complexity index is 953. The van der Waals surface area contributed by atoms with Gasteiger partial charge in [0.15, 0.2) is 5.13 Å². The molecule has 29 heavy (non-hydrogen) atoms. The van der Waals surface area contributed by atoms with Gasteiger partial charge in [0.1, 0.15) is 0 Å². The first kappa shape index (κ1) is 19.8. The zero-order chi connectivity index (χ0) is 20.7. The number of nitrogens with one attached hydrogen (secondary N) is 1. The number of fused-ring (bicyclic) bond motifs is 1. The summed E-state index contributed by atoms with van der Waals surface area (Å²) in [6, 6.07) is 2.08. The summed E-state index contributed by atoms with van der Waals surface area (Å²) in [5.41, 5.74) is 4.16. The van der Waals surface area contributed by atoms with Crippen LogP contribution in [0.2, 0.25) is 0 Å². The molecule has 2 aromatic rings. The van der Waals surface area contributed by atoms with Crippen LogP contribution < -0.4 is 5.32 Å². The highest BCUT2D eigenvalue weighted by Crippen LogP contribution is 2.38. The summed E-state index contributed by atoms with van der Waals surface area (Å²) in [6.45, 7) is 4.23. The van der Waals surface area contributed by atoms with E-state index >= 15 is 0 Å². The van der Waals surface area contributed by atoms with Crippen LogP contribution in [0.4, 0.5) is 5.13 Å². The van der Waals surface area contributed by atoms with Gasteiger partial charge in [-0.3, -0.25) is 19.3 Å². The van der Waals surface area contributed by atoms with E-state index in [2.05, 4.69) is 20.9 Å². The lowest BCUT2D eigenvalue weighted by atomic mass is 9.81. The molecule has 2 fully saturated rings. The molecule has 3 heterocycles. The number of thiazole rings is 1. The van der Waals surface area contributed by atoms with Crippen molar-refractivity contribution in [2.45, 2.75) is 46.0 Å². The van der Waals surface area contributed by atoms with Crippen LogP contribution >= 0.6 is 11.3 Å². The molecular weight excluding hydrogens is 388 g/mol. The third-order valence-electron chi connectivity index (χ3n) is 6.30. The second-order valence-electron chi connectivity index (χ2n) is 8.01. The van der Waals surface area contributed by atoms with E-state index in [4.69, 9.17) is 0 Å². The van der Waals surface area contributed by atoms with Crippen LogP contribution in [0.5, 0.6) is 0 Å². The van der Waals surface area contributed by atoms with E-state index in [9.17, 15) is 14.4 Å². The lowest BCUT2D eigenvalue weighted by Gasteiger charge is -2.19. The number of aromatic nitrogens is 2. The molecule has 0 spiro atoms. The average Bonchev–Trinajstić information content (AvgIpc) is 3.34. The molecule has 4 rings (SSSR count). The first-order valence-corrected chi connectivity index (χ1v) is 11.0. The molecule has 7 nitrogen and oxygen atoms in total. The SMILES string of the molecule is Cc1cc(-c2csc(NC(=O)CCN3C(=O)[C@H]4CCCC[C@H]4C3=O)n2)c(C)n1C. The van der Waals surface area contributed by atoms with Crippen molar-refractivity contribution in [1.82, 2.24) is 14.5 Å². The lowest BCUT2D eigenvalue weighted by molar-refractivity contribution is -0.140. The summed E-state index contributed by atoms with van der Waals surface area (Å²) in [7, 11) is 2.01. The highest BCUT2D eigenvalue weighted by molar-refractivity contribution is 7.14. The minimum Gasteiger partial charge on any atom is -0.351 e. The zero-order valence-electron chi connectivity index (χ0n) is 17.0. The summed E-state index contributed by atoms with van der Waals surface area (Å²) >= 11 is 1.37. The van der Waals surface area contributed by atoms with Crippen LogP contribution in [0.15, 0.2) is 11.4 Å². The van der Waals surface area contributed by atoms with E-state index in [1.807, 2.05) is 26.3 Å². The monoisotopic (exact) mass is 414 g/mol. The second-order valence-corrected chi connectivity index (χ2v) is 8.86. The number of imide groups is 1. The molecule has 1 saturated carbocycles. The van der Waals surface area contributed by atoms with E-state index in [-0.39, 0.29) is 42.5 Å². The Balaban J connectivity index is 1.36. The number of carbonyl (C=O) groups is 3. The van der Waals surface area contributed by atoms with E-state index in [0.717, 1.165) is 48.3 Å². The summed E-state index contributed by atoms with van der Waals surface area (Å²) < 4.78 is 2.11. The van der Waals surface area contributed by atoms with Crippen molar-refractivity contribution in [2.75, 3.05) is 11.9 Å². The van der Waals surface area contributed by atoms with Crippen LogP contribution in [0.1, 0.15) is 43.5 Å². The molecule has 2 aromatic heterocycles. The van der Waals surface area contributed by atoms with Crippen molar-refractivity contribution >= 4 is 34.2 Å². The van der Waals surface area contributed by atoms with Gasteiger partial charge in [-0.1, -0.05) is 12.8 Å². The van der Waals surface area contributed by atoms with Crippen molar-refractivity contribution < 1.29 is 14.4 Å². The maximum Gasteiger partial charge on any atom is 0.233 e. The van der Waals surface area contributed by atoms with Gasteiger partial charge in [0, 0.05) is 42.3 Å². The molecule has 0 bridgehead atoms. The predicted molar refractivity (Wildman–Crippen MR) is 111 cm³/mol. The minimum absolute atomic E-state index is 0.0926. The maximum atomic E-state index is 12.5. The molecule has 2 atom stereocenters. The number of carbonyl (C=O) groups excluding carboxylic acids is 3. The Morgan fingerprint density at radius 2 is 1.86 bits per heavy atom. The molecular formula is C21H26N4O3S. The van der Waals surface area contributed by atoms with Gasteiger partial charge in [0.2, 0.25) is 17.7 Å². The van der Waals surface area contributed by atoms with Gasteiger partial charge >= 0.3 is 0 Å². The Hall–Kier alpha value is -2.48. The molecule has 0 aromatic carbocycles. The number of hydrogen-bond acceptors (Lipinski definition) is 5. The van der Waals surface area contributed by atoms with Crippen LogP contribution in [0, 0.1) is 25.7 Å². The highest BCUT2D eigenvalue weighted by atomic mass is 32.1. The number of rotatable bonds is 5. The number of aryl methyl sites for hydroxylation is 1. The van der Waals surface area contributed by atoms with E-state index in [1.165, 1.54) is 16.2 Å². The van der Waals surface area contributed by atoms with Crippen molar-refractivity contribution in [1.29, 1.82) is 0 Å².